The van der Waals surface area contributed by atoms with Gasteiger partial charge in [0.2, 0.25) is 0 Å². The summed E-state index contributed by atoms with van der Waals surface area (Å²) in [5.74, 6) is -1.49. The van der Waals surface area contributed by atoms with Gasteiger partial charge in [0.15, 0.2) is 12.2 Å². The molecule has 5 atom stereocenters. The molecule has 0 aliphatic heterocycles. The highest BCUT2D eigenvalue weighted by Gasteiger charge is 2.30. The molecule has 2 unspecified atom stereocenters. The van der Waals surface area contributed by atoms with Crippen LogP contribution in [0.5, 0.6) is 0 Å². The summed E-state index contributed by atoms with van der Waals surface area (Å²) in [6.07, 6.45) is 27.0. The van der Waals surface area contributed by atoms with Gasteiger partial charge in [-0.3, -0.25) is 37.3 Å². The molecule has 19 heteroatoms. The van der Waals surface area contributed by atoms with Crippen LogP contribution in [0.15, 0.2) is 0 Å². The number of esters is 4. The number of rotatable bonds is 53. The van der Waals surface area contributed by atoms with Crippen molar-refractivity contribution < 1.29 is 80.2 Å². The van der Waals surface area contributed by atoms with E-state index >= 15 is 0 Å². The number of carbonyl (C=O) groups excluding carboxylic acids is 4. The molecular formula is C53H102O17P2. The van der Waals surface area contributed by atoms with Crippen LogP contribution in [0.4, 0.5) is 0 Å². The first-order valence-electron chi connectivity index (χ1n) is 28.1. The maximum Gasteiger partial charge on any atom is 0.472 e. The number of carbonyl (C=O) groups is 4. The minimum Gasteiger partial charge on any atom is -0.462 e. The number of unbranched alkanes of at least 4 members (excludes halogenated alkanes) is 25. The summed E-state index contributed by atoms with van der Waals surface area (Å²) < 4.78 is 67.2. The molecule has 0 bridgehead atoms. The number of aliphatic hydroxyl groups excluding tert-OH is 1. The minimum absolute atomic E-state index is 0.102. The molecule has 0 aliphatic carbocycles. The van der Waals surface area contributed by atoms with Crippen molar-refractivity contribution in [1.29, 1.82) is 0 Å². The van der Waals surface area contributed by atoms with Crippen LogP contribution in [0.3, 0.4) is 0 Å². The second-order valence-electron chi connectivity index (χ2n) is 19.7. The van der Waals surface area contributed by atoms with E-state index in [2.05, 4.69) is 34.6 Å². The van der Waals surface area contributed by atoms with E-state index in [0.717, 1.165) is 116 Å². The Hall–Kier alpha value is -1.94. The third-order valence-electron chi connectivity index (χ3n) is 12.0. The SMILES string of the molecule is CCCCCCCCCCCC(=O)OC[C@H](COP(=O)(O)OC[C@@H](O)COP(=O)(O)OC[C@@H](COC(=O)CCCCCCCCC)OC(=O)CCCCCCCCC)OC(=O)CCCCCCCCC(C)C. The van der Waals surface area contributed by atoms with Crippen molar-refractivity contribution in [1.82, 2.24) is 0 Å². The van der Waals surface area contributed by atoms with Crippen LogP contribution in [0.25, 0.3) is 0 Å². The van der Waals surface area contributed by atoms with Crippen LogP contribution in [-0.2, 0) is 65.4 Å². The second kappa shape index (κ2) is 47.5. The normalized spacial score (nSPS) is 14.6. The minimum atomic E-state index is -4.93. The Bertz CT molecular complexity index is 1430. The topological polar surface area (TPSA) is 237 Å². The zero-order valence-electron chi connectivity index (χ0n) is 45.5. The molecule has 17 nitrogen and oxygen atoms in total. The van der Waals surface area contributed by atoms with Gasteiger partial charge in [-0.2, -0.15) is 0 Å². The molecule has 0 aromatic rings. The molecule has 0 aliphatic rings. The lowest BCUT2D eigenvalue weighted by molar-refractivity contribution is -0.161. The molecule has 0 saturated heterocycles. The fourth-order valence-corrected chi connectivity index (χ4v) is 9.22. The first-order chi connectivity index (χ1) is 34.5. The first kappa shape index (κ1) is 70.1. The molecule has 0 heterocycles. The molecule has 426 valence electrons. The predicted octanol–water partition coefficient (Wildman–Crippen LogP) is 13.5. The van der Waals surface area contributed by atoms with Gasteiger partial charge < -0.3 is 33.8 Å². The van der Waals surface area contributed by atoms with E-state index < -0.39 is 97.5 Å². The maximum atomic E-state index is 12.8. The molecule has 0 saturated carbocycles. The van der Waals surface area contributed by atoms with E-state index in [1.165, 1.54) is 51.4 Å². The molecule has 0 spiro atoms. The van der Waals surface area contributed by atoms with E-state index in [1.807, 2.05) is 0 Å². The summed E-state index contributed by atoms with van der Waals surface area (Å²) in [6, 6.07) is 0. The zero-order valence-corrected chi connectivity index (χ0v) is 47.3. The standard InChI is InChI=1S/C53H102O17P2/c1-6-9-12-15-18-19-22-27-32-37-51(56)64-43-49(70-53(58)39-34-29-24-23-25-30-35-46(4)5)45-68-72(61,62)66-41-47(54)40-65-71(59,60)67-44-48(69-52(57)38-33-28-21-17-14-11-8-3)42-63-50(55)36-31-26-20-16-13-10-7-2/h46-49,54H,6-45H2,1-5H3,(H,59,60)(H,61,62)/t47-,48+,49+/m0/s1. The molecule has 0 aromatic carbocycles. The van der Waals surface area contributed by atoms with Crippen LogP contribution >= 0.6 is 15.6 Å². The van der Waals surface area contributed by atoms with Crippen LogP contribution in [0.2, 0.25) is 0 Å². The average Bonchev–Trinajstić information content (AvgIpc) is 3.34. The number of aliphatic hydroxyl groups is 1. The zero-order chi connectivity index (χ0) is 53.6. The Morgan fingerprint density at radius 2 is 0.639 bits per heavy atom. The van der Waals surface area contributed by atoms with E-state index in [-0.39, 0.29) is 25.7 Å². The quantitative estimate of drug-likeness (QED) is 0.0222. The van der Waals surface area contributed by atoms with Gasteiger partial charge in [0, 0.05) is 25.7 Å². The Morgan fingerprint density at radius 1 is 0.375 bits per heavy atom. The van der Waals surface area contributed by atoms with Gasteiger partial charge >= 0.3 is 39.5 Å². The van der Waals surface area contributed by atoms with Crippen molar-refractivity contribution in [3.63, 3.8) is 0 Å². The summed E-state index contributed by atoms with van der Waals surface area (Å²) in [5.41, 5.74) is 0. The van der Waals surface area contributed by atoms with Gasteiger partial charge in [-0.1, -0.05) is 202 Å². The summed E-state index contributed by atoms with van der Waals surface area (Å²) in [4.78, 5) is 71.3. The lowest BCUT2D eigenvalue weighted by atomic mass is 10.0. The molecule has 0 aromatic heterocycles. The smallest absolute Gasteiger partial charge is 0.462 e. The number of phosphoric ester groups is 2. The largest absolute Gasteiger partial charge is 0.472 e. The summed E-state index contributed by atoms with van der Waals surface area (Å²) in [7, 11) is -9.85. The van der Waals surface area contributed by atoms with E-state index in [1.54, 1.807) is 0 Å². The van der Waals surface area contributed by atoms with Gasteiger partial charge in [-0.05, 0) is 31.6 Å². The molecule has 0 amide bonds. The van der Waals surface area contributed by atoms with Crippen LogP contribution in [-0.4, -0.2) is 96.7 Å². The van der Waals surface area contributed by atoms with Gasteiger partial charge in [0.25, 0.3) is 0 Å². The molecule has 0 radical (unpaired) electrons. The van der Waals surface area contributed by atoms with Crippen molar-refractivity contribution in [2.24, 2.45) is 5.92 Å². The Kier molecular flexibility index (Phi) is 46.2. The highest BCUT2D eigenvalue weighted by molar-refractivity contribution is 7.47. The summed E-state index contributed by atoms with van der Waals surface area (Å²) >= 11 is 0. The monoisotopic (exact) mass is 1070 g/mol. The van der Waals surface area contributed by atoms with E-state index in [9.17, 15) is 43.2 Å². The Balaban J connectivity index is 5.19. The maximum absolute atomic E-state index is 12.8. The third-order valence-corrected chi connectivity index (χ3v) is 13.9. The number of phosphoric acid groups is 2. The fraction of sp³-hybridized carbons (Fsp3) is 0.925. The van der Waals surface area contributed by atoms with Gasteiger partial charge in [-0.25, -0.2) is 9.13 Å². The first-order valence-corrected chi connectivity index (χ1v) is 31.1. The molecule has 0 fully saturated rings. The van der Waals surface area contributed by atoms with Crippen molar-refractivity contribution in [2.45, 2.75) is 271 Å². The van der Waals surface area contributed by atoms with Gasteiger partial charge in [0.05, 0.1) is 26.4 Å². The molecular weight excluding hydrogens is 971 g/mol. The predicted molar refractivity (Wildman–Crippen MR) is 280 cm³/mol. The van der Waals surface area contributed by atoms with Crippen molar-refractivity contribution in [3.05, 3.63) is 0 Å². The Labute approximate surface area is 435 Å². The second-order valence-corrected chi connectivity index (χ2v) is 22.6. The van der Waals surface area contributed by atoms with Crippen LogP contribution < -0.4 is 0 Å². The average molecular weight is 1070 g/mol. The fourth-order valence-electron chi connectivity index (χ4n) is 7.64. The molecule has 0 rings (SSSR count). The van der Waals surface area contributed by atoms with Gasteiger partial charge in [-0.15, -0.1) is 0 Å². The van der Waals surface area contributed by atoms with Crippen molar-refractivity contribution in [2.75, 3.05) is 39.6 Å². The highest BCUT2D eigenvalue weighted by atomic mass is 31.2. The third kappa shape index (κ3) is 47.8. The summed E-state index contributed by atoms with van der Waals surface area (Å²) in [6.45, 7) is 6.91. The number of hydrogen-bond donors (Lipinski definition) is 3. The van der Waals surface area contributed by atoms with Crippen molar-refractivity contribution in [3.8, 4) is 0 Å². The highest BCUT2D eigenvalue weighted by Crippen LogP contribution is 2.45. The van der Waals surface area contributed by atoms with Gasteiger partial charge in [0.1, 0.15) is 19.3 Å². The van der Waals surface area contributed by atoms with Crippen LogP contribution in [0.1, 0.15) is 253 Å². The lowest BCUT2D eigenvalue weighted by Gasteiger charge is -2.21. The van der Waals surface area contributed by atoms with Crippen molar-refractivity contribution >= 4 is 39.5 Å². The van der Waals surface area contributed by atoms with Crippen LogP contribution in [0, 0.1) is 5.92 Å². The molecule has 3 N–H and O–H groups in total. The number of hydrogen-bond acceptors (Lipinski definition) is 15. The summed E-state index contributed by atoms with van der Waals surface area (Å²) in [5, 5.41) is 10.4. The molecule has 72 heavy (non-hydrogen) atoms. The van der Waals surface area contributed by atoms with E-state index in [4.69, 9.17) is 37.0 Å². The lowest BCUT2D eigenvalue weighted by Crippen LogP contribution is -2.30. The Morgan fingerprint density at radius 3 is 0.944 bits per heavy atom. The van der Waals surface area contributed by atoms with E-state index in [0.29, 0.717) is 31.6 Å². The number of ether oxygens (including phenoxy) is 4.